The molecule has 0 fully saturated rings. The smallest absolute Gasteiger partial charge is 0.143 e. The van der Waals surface area contributed by atoms with E-state index in [2.05, 4.69) is 205 Å². The van der Waals surface area contributed by atoms with Gasteiger partial charge in [0.25, 0.3) is 0 Å². The van der Waals surface area contributed by atoms with Crippen LogP contribution in [-0.4, -0.2) is 0 Å². The van der Waals surface area contributed by atoms with Crippen molar-refractivity contribution < 1.29 is 4.42 Å². The molecule has 1 heterocycles. The number of furan rings is 1. The number of nitrogens with zero attached hydrogens (tertiary/aromatic N) is 1. The molecule has 0 unspecified atom stereocenters. The molecular weight excluding hydrogens is 631 g/mol. The molecule has 2 heteroatoms. The summed E-state index contributed by atoms with van der Waals surface area (Å²) in [7, 11) is 0. The van der Waals surface area contributed by atoms with Crippen LogP contribution in [0.3, 0.4) is 0 Å². The zero-order chi connectivity index (χ0) is 34.4. The first-order valence-electron chi connectivity index (χ1n) is 17.8. The van der Waals surface area contributed by atoms with Crippen molar-refractivity contribution in [2.45, 2.75) is 0 Å². The summed E-state index contributed by atoms with van der Waals surface area (Å²) >= 11 is 0. The number of hydrogen-bond acceptors (Lipinski definition) is 2. The molecule has 2 nitrogen and oxygen atoms in total. The summed E-state index contributed by atoms with van der Waals surface area (Å²) < 4.78 is 6.63. The second-order valence-electron chi connectivity index (χ2n) is 13.4. The first-order valence-corrected chi connectivity index (χ1v) is 17.8. The second kappa shape index (κ2) is 12.5. The van der Waals surface area contributed by atoms with Crippen molar-refractivity contribution in [3.63, 3.8) is 0 Å². The molecular formula is C50H33NO. The Morgan fingerprint density at radius 3 is 1.71 bits per heavy atom. The molecule has 10 rings (SSSR count). The van der Waals surface area contributed by atoms with E-state index in [9.17, 15) is 0 Å². The van der Waals surface area contributed by atoms with Gasteiger partial charge in [-0.05, 0) is 98.1 Å². The summed E-state index contributed by atoms with van der Waals surface area (Å²) in [6.45, 7) is 0. The minimum atomic E-state index is 0.871. The van der Waals surface area contributed by atoms with Crippen LogP contribution in [0.2, 0.25) is 0 Å². The molecule has 0 spiro atoms. The fourth-order valence-electron chi connectivity index (χ4n) is 7.63. The van der Waals surface area contributed by atoms with Crippen LogP contribution in [0.25, 0.3) is 76.9 Å². The highest BCUT2D eigenvalue weighted by Gasteiger charge is 2.21. The molecule has 0 saturated heterocycles. The molecule has 0 amide bonds. The normalized spacial score (nSPS) is 11.5. The van der Waals surface area contributed by atoms with E-state index in [1.165, 1.54) is 49.5 Å². The molecule has 52 heavy (non-hydrogen) atoms. The monoisotopic (exact) mass is 663 g/mol. The summed E-state index contributed by atoms with van der Waals surface area (Å²) in [5.41, 5.74) is 12.2. The lowest BCUT2D eigenvalue weighted by molar-refractivity contribution is 0.672. The van der Waals surface area contributed by atoms with Crippen LogP contribution in [-0.2, 0) is 0 Å². The summed E-state index contributed by atoms with van der Waals surface area (Å²) in [5.74, 6) is 0. The largest absolute Gasteiger partial charge is 0.455 e. The molecule has 0 aliphatic rings. The molecule has 9 aromatic carbocycles. The molecule has 0 atom stereocenters. The van der Waals surface area contributed by atoms with E-state index < -0.39 is 0 Å². The Hall–Kier alpha value is -6.90. The number of rotatable bonds is 6. The van der Waals surface area contributed by atoms with Crippen molar-refractivity contribution in [2.24, 2.45) is 0 Å². The van der Waals surface area contributed by atoms with E-state index in [1.807, 2.05) is 0 Å². The fraction of sp³-hybridized carbons (Fsp3) is 0. The van der Waals surface area contributed by atoms with E-state index in [0.717, 1.165) is 44.4 Å². The van der Waals surface area contributed by atoms with Gasteiger partial charge < -0.3 is 9.32 Å². The minimum absolute atomic E-state index is 0.871. The standard InChI is InChI=1S/C50H33NO/c1-2-10-34(11-3-1)41-15-8-16-44(33-41)51(47-18-9-19-48-49(47)46-31-28-39-13-6-7-17-45(39)50(46)52-48)43-29-26-37(27-30-43)36-20-22-38(23-21-36)42-25-24-35-12-4-5-14-40(35)32-42/h1-33H. The van der Waals surface area contributed by atoms with Gasteiger partial charge in [-0.1, -0.05) is 152 Å². The lowest BCUT2D eigenvalue weighted by Gasteiger charge is -2.27. The highest BCUT2D eigenvalue weighted by molar-refractivity contribution is 6.19. The molecule has 0 aliphatic heterocycles. The van der Waals surface area contributed by atoms with Crippen LogP contribution in [0.4, 0.5) is 17.1 Å². The van der Waals surface area contributed by atoms with Gasteiger partial charge in [0.2, 0.25) is 0 Å². The van der Waals surface area contributed by atoms with E-state index in [0.29, 0.717) is 0 Å². The molecule has 1 aromatic heterocycles. The van der Waals surface area contributed by atoms with Gasteiger partial charge in [-0.25, -0.2) is 0 Å². The van der Waals surface area contributed by atoms with Gasteiger partial charge in [0.1, 0.15) is 11.2 Å². The second-order valence-corrected chi connectivity index (χ2v) is 13.4. The van der Waals surface area contributed by atoms with Crippen LogP contribution < -0.4 is 4.90 Å². The number of fused-ring (bicyclic) bond motifs is 6. The zero-order valence-electron chi connectivity index (χ0n) is 28.4. The summed E-state index contributed by atoms with van der Waals surface area (Å²) in [6, 6.07) is 71.7. The molecule has 0 N–H and O–H groups in total. The Labute approximate surface area is 302 Å². The fourth-order valence-corrected chi connectivity index (χ4v) is 7.63. The molecule has 244 valence electrons. The van der Waals surface area contributed by atoms with Crippen molar-refractivity contribution in [3.8, 4) is 33.4 Å². The first kappa shape index (κ1) is 30.0. The maximum atomic E-state index is 6.63. The minimum Gasteiger partial charge on any atom is -0.455 e. The number of hydrogen-bond donors (Lipinski definition) is 0. The molecule has 0 aliphatic carbocycles. The lowest BCUT2D eigenvalue weighted by Crippen LogP contribution is -2.10. The third kappa shape index (κ3) is 5.21. The molecule has 0 saturated carbocycles. The van der Waals surface area contributed by atoms with Gasteiger partial charge in [-0.3, -0.25) is 0 Å². The van der Waals surface area contributed by atoms with Crippen LogP contribution in [0.5, 0.6) is 0 Å². The van der Waals surface area contributed by atoms with Crippen molar-refractivity contribution in [1.82, 2.24) is 0 Å². The maximum absolute atomic E-state index is 6.63. The van der Waals surface area contributed by atoms with Crippen molar-refractivity contribution in [3.05, 3.63) is 200 Å². The predicted octanol–water partition coefficient (Wildman–Crippen LogP) is 14.4. The zero-order valence-corrected chi connectivity index (χ0v) is 28.4. The number of benzene rings is 9. The highest BCUT2D eigenvalue weighted by Crippen LogP contribution is 2.45. The van der Waals surface area contributed by atoms with Gasteiger partial charge in [-0.2, -0.15) is 0 Å². The van der Waals surface area contributed by atoms with Gasteiger partial charge in [-0.15, -0.1) is 0 Å². The summed E-state index contributed by atoms with van der Waals surface area (Å²) in [4.78, 5) is 2.37. The predicted molar refractivity (Wildman–Crippen MR) is 220 cm³/mol. The van der Waals surface area contributed by atoms with Crippen molar-refractivity contribution >= 4 is 60.5 Å². The SMILES string of the molecule is c1ccc(-c2cccc(N(c3ccc(-c4ccc(-c5ccc6ccccc6c5)cc4)cc3)c3cccc4oc5c6ccccc6ccc5c34)c2)cc1. The van der Waals surface area contributed by atoms with Crippen molar-refractivity contribution in [2.75, 3.05) is 4.90 Å². The van der Waals surface area contributed by atoms with Crippen LogP contribution in [0.1, 0.15) is 0 Å². The third-order valence-electron chi connectivity index (χ3n) is 10.2. The third-order valence-corrected chi connectivity index (χ3v) is 10.2. The summed E-state index contributed by atoms with van der Waals surface area (Å²) in [5, 5.41) is 7.01. The Morgan fingerprint density at radius 2 is 0.904 bits per heavy atom. The Bertz CT molecular complexity index is 2890. The van der Waals surface area contributed by atoms with Crippen molar-refractivity contribution in [1.29, 1.82) is 0 Å². The van der Waals surface area contributed by atoms with Gasteiger partial charge in [0.15, 0.2) is 0 Å². The van der Waals surface area contributed by atoms with Crippen LogP contribution >= 0.6 is 0 Å². The van der Waals surface area contributed by atoms with Gasteiger partial charge in [0.05, 0.1) is 11.1 Å². The van der Waals surface area contributed by atoms with E-state index in [1.54, 1.807) is 0 Å². The number of anilines is 3. The maximum Gasteiger partial charge on any atom is 0.143 e. The molecule has 0 radical (unpaired) electrons. The Morgan fingerprint density at radius 1 is 0.327 bits per heavy atom. The van der Waals surface area contributed by atoms with E-state index >= 15 is 0 Å². The Kier molecular flexibility index (Phi) is 7.18. The molecule has 10 aromatic rings. The average Bonchev–Trinajstić information content (AvgIpc) is 3.62. The highest BCUT2D eigenvalue weighted by atomic mass is 16.3. The quantitative estimate of drug-likeness (QED) is 0.176. The van der Waals surface area contributed by atoms with Gasteiger partial charge in [0, 0.05) is 22.1 Å². The van der Waals surface area contributed by atoms with E-state index in [-0.39, 0.29) is 0 Å². The average molecular weight is 664 g/mol. The van der Waals surface area contributed by atoms with Crippen LogP contribution in [0.15, 0.2) is 205 Å². The Balaban J connectivity index is 1.08. The topological polar surface area (TPSA) is 16.4 Å². The van der Waals surface area contributed by atoms with Gasteiger partial charge >= 0.3 is 0 Å². The van der Waals surface area contributed by atoms with E-state index in [4.69, 9.17) is 4.42 Å². The molecule has 0 bridgehead atoms. The lowest BCUT2D eigenvalue weighted by atomic mass is 9.98. The first-order chi connectivity index (χ1) is 25.8. The van der Waals surface area contributed by atoms with Crippen LogP contribution in [0, 0.1) is 0 Å². The summed E-state index contributed by atoms with van der Waals surface area (Å²) in [6.07, 6.45) is 0.